The second kappa shape index (κ2) is 5.96. The average Bonchev–Trinajstić information content (AvgIpc) is 2.86. The van der Waals surface area contributed by atoms with Gasteiger partial charge in [-0.25, -0.2) is 14.6 Å². The molecule has 98 valence electrons. The summed E-state index contributed by atoms with van der Waals surface area (Å²) in [6.07, 6.45) is 0.509. The maximum absolute atomic E-state index is 11.5. The Morgan fingerprint density at radius 3 is 2.68 bits per heavy atom. The van der Waals surface area contributed by atoms with Crippen molar-refractivity contribution in [3.63, 3.8) is 0 Å². The zero-order chi connectivity index (χ0) is 13.7. The Morgan fingerprint density at radius 2 is 2.05 bits per heavy atom. The summed E-state index contributed by atoms with van der Waals surface area (Å²) in [6, 6.07) is 9.22. The molecule has 1 heterocycles. The lowest BCUT2D eigenvalue weighted by molar-refractivity contribution is 0.0702. The number of carbonyl (C=O) groups excluding carboxylic acids is 1. The first-order valence-electron chi connectivity index (χ1n) is 5.32. The third-order valence-corrected chi connectivity index (χ3v) is 3.04. The average molecular weight is 278 g/mol. The van der Waals surface area contributed by atoms with Gasteiger partial charge in [-0.15, -0.1) is 0 Å². The van der Waals surface area contributed by atoms with Gasteiger partial charge in [0, 0.05) is 0 Å². The van der Waals surface area contributed by atoms with E-state index in [1.807, 2.05) is 30.3 Å². The minimum atomic E-state index is -1.08. The van der Waals surface area contributed by atoms with Gasteiger partial charge in [0.2, 0.25) is 0 Å². The summed E-state index contributed by atoms with van der Waals surface area (Å²) in [5.74, 6) is -1.08. The molecule has 0 aliphatic rings. The number of aromatic nitrogens is 1. The standard InChI is InChI=1S/C12H10N2O4S/c15-10(16)9-6-13-11(19-9)14-12(17)18-7-8-4-2-1-3-5-8/h1-6H,7H2,(H,15,16)(H,13,14,17). The zero-order valence-electron chi connectivity index (χ0n) is 9.70. The molecule has 2 aromatic rings. The van der Waals surface area contributed by atoms with E-state index in [0.717, 1.165) is 16.9 Å². The molecule has 6 nitrogen and oxygen atoms in total. The van der Waals surface area contributed by atoms with Crippen LogP contribution in [0.25, 0.3) is 0 Å². The highest BCUT2D eigenvalue weighted by atomic mass is 32.1. The van der Waals surface area contributed by atoms with Crippen LogP contribution in [0.5, 0.6) is 0 Å². The molecule has 0 unspecified atom stereocenters. The number of hydrogen-bond acceptors (Lipinski definition) is 5. The molecule has 0 saturated carbocycles. The molecule has 7 heteroatoms. The van der Waals surface area contributed by atoms with E-state index in [1.165, 1.54) is 6.20 Å². The minimum Gasteiger partial charge on any atom is -0.477 e. The minimum absolute atomic E-state index is 0.0540. The molecular weight excluding hydrogens is 268 g/mol. The molecule has 0 bridgehead atoms. The molecule has 1 aromatic carbocycles. The molecule has 1 aromatic heterocycles. The predicted molar refractivity (Wildman–Crippen MR) is 69.3 cm³/mol. The number of nitrogens with zero attached hydrogens (tertiary/aromatic N) is 1. The lowest BCUT2D eigenvalue weighted by atomic mass is 10.2. The van der Waals surface area contributed by atoms with Crippen LogP contribution in [-0.4, -0.2) is 22.2 Å². The Labute approximate surface area is 112 Å². The van der Waals surface area contributed by atoms with E-state index < -0.39 is 12.1 Å². The van der Waals surface area contributed by atoms with E-state index in [0.29, 0.717) is 0 Å². The van der Waals surface area contributed by atoms with Gasteiger partial charge in [0.15, 0.2) is 5.13 Å². The Hall–Kier alpha value is -2.41. The topological polar surface area (TPSA) is 88.5 Å². The maximum Gasteiger partial charge on any atom is 0.413 e. The van der Waals surface area contributed by atoms with Crippen molar-refractivity contribution in [2.24, 2.45) is 0 Å². The molecule has 0 atom stereocenters. The lowest BCUT2D eigenvalue weighted by Gasteiger charge is -2.04. The van der Waals surface area contributed by atoms with Crippen LogP contribution >= 0.6 is 11.3 Å². The molecule has 0 aliphatic carbocycles. The Balaban J connectivity index is 1.85. The normalized spacial score (nSPS) is 9.89. The fourth-order valence-electron chi connectivity index (χ4n) is 1.28. The molecule has 0 aliphatic heterocycles. The summed E-state index contributed by atoms with van der Waals surface area (Å²) in [6.45, 7) is 0.143. The summed E-state index contributed by atoms with van der Waals surface area (Å²) in [7, 11) is 0. The van der Waals surface area contributed by atoms with Crippen LogP contribution in [0.3, 0.4) is 0 Å². The molecule has 1 amide bonds. The van der Waals surface area contributed by atoms with Crippen LogP contribution in [0.1, 0.15) is 15.2 Å². The Morgan fingerprint density at radius 1 is 1.32 bits per heavy atom. The number of nitrogens with one attached hydrogen (secondary N) is 1. The van der Waals surface area contributed by atoms with Gasteiger partial charge < -0.3 is 9.84 Å². The number of amides is 1. The third-order valence-electron chi connectivity index (χ3n) is 2.14. The van der Waals surface area contributed by atoms with Crippen LogP contribution in [0, 0.1) is 0 Å². The summed E-state index contributed by atoms with van der Waals surface area (Å²) in [5.41, 5.74) is 0.864. The van der Waals surface area contributed by atoms with Crippen molar-refractivity contribution in [2.45, 2.75) is 6.61 Å². The number of benzene rings is 1. The number of rotatable bonds is 4. The van der Waals surface area contributed by atoms with Gasteiger partial charge in [-0.05, 0) is 5.56 Å². The van der Waals surface area contributed by atoms with Crippen LogP contribution in [0.2, 0.25) is 0 Å². The van der Waals surface area contributed by atoms with E-state index in [2.05, 4.69) is 10.3 Å². The van der Waals surface area contributed by atoms with Crippen molar-refractivity contribution in [1.29, 1.82) is 0 Å². The van der Waals surface area contributed by atoms with Crippen molar-refractivity contribution in [3.8, 4) is 0 Å². The number of carboxylic acids is 1. The molecule has 0 saturated heterocycles. The summed E-state index contributed by atoms with van der Waals surface area (Å²) >= 11 is 0.868. The number of anilines is 1. The first-order chi connectivity index (χ1) is 9.15. The van der Waals surface area contributed by atoms with Gasteiger partial charge in [0.05, 0.1) is 6.20 Å². The number of aromatic carboxylic acids is 1. The summed E-state index contributed by atoms with van der Waals surface area (Å²) in [5, 5.41) is 11.3. The first kappa shape index (κ1) is 13.0. The number of hydrogen-bond donors (Lipinski definition) is 2. The fourth-order valence-corrected chi connectivity index (χ4v) is 1.92. The fraction of sp³-hybridized carbons (Fsp3) is 0.0833. The second-order valence-corrected chi connectivity index (χ2v) is 4.55. The van der Waals surface area contributed by atoms with Crippen LogP contribution in [0.15, 0.2) is 36.5 Å². The highest BCUT2D eigenvalue weighted by Gasteiger charge is 2.11. The van der Waals surface area contributed by atoms with Crippen LogP contribution < -0.4 is 5.32 Å². The van der Waals surface area contributed by atoms with Gasteiger partial charge in [-0.2, -0.15) is 0 Å². The number of carbonyl (C=O) groups is 2. The third kappa shape index (κ3) is 3.78. The van der Waals surface area contributed by atoms with Crippen molar-refractivity contribution in [3.05, 3.63) is 47.0 Å². The Bertz CT molecular complexity index is 582. The van der Waals surface area contributed by atoms with Crippen molar-refractivity contribution in [1.82, 2.24) is 4.98 Å². The van der Waals surface area contributed by atoms with Crippen molar-refractivity contribution >= 4 is 28.5 Å². The summed E-state index contributed by atoms with van der Waals surface area (Å²) in [4.78, 5) is 25.9. The quantitative estimate of drug-likeness (QED) is 0.897. The molecule has 0 fully saturated rings. The largest absolute Gasteiger partial charge is 0.477 e. The first-order valence-corrected chi connectivity index (χ1v) is 6.13. The van der Waals surface area contributed by atoms with E-state index in [1.54, 1.807) is 0 Å². The predicted octanol–water partition coefficient (Wildman–Crippen LogP) is 2.59. The zero-order valence-corrected chi connectivity index (χ0v) is 10.5. The number of carboxylic acid groups (broad SMARTS) is 1. The Kier molecular flexibility index (Phi) is 4.09. The molecule has 2 rings (SSSR count). The van der Waals surface area contributed by atoms with Crippen molar-refractivity contribution < 1.29 is 19.4 Å². The van der Waals surface area contributed by atoms with Gasteiger partial charge in [-0.1, -0.05) is 41.7 Å². The monoisotopic (exact) mass is 278 g/mol. The molecule has 0 spiro atoms. The van der Waals surface area contributed by atoms with Crippen molar-refractivity contribution in [2.75, 3.05) is 5.32 Å². The van der Waals surface area contributed by atoms with E-state index in [-0.39, 0.29) is 16.6 Å². The van der Waals surface area contributed by atoms with Gasteiger partial charge >= 0.3 is 12.1 Å². The highest BCUT2D eigenvalue weighted by Crippen LogP contribution is 2.18. The molecule has 0 radical (unpaired) electrons. The molecular formula is C12H10N2O4S. The van der Waals surface area contributed by atoms with Gasteiger partial charge in [0.1, 0.15) is 11.5 Å². The van der Waals surface area contributed by atoms with Crippen LogP contribution in [-0.2, 0) is 11.3 Å². The molecule has 19 heavy (non-hydrogen) atoms. The highest BCUT2D eigenvalue weighted by molar-refractivity contribution is 7.17. The van der Waals surface area contributed by atoms with Crippen LogP contribution in [0.4, 0.5) is 9.93 Å². The summed E-state index contributed by atoms with van der Waals surface area (Å²) < 4.78 is 4.97. The van der Waals surface area contributed by atoms with Gasteiger partial charge in [-0.3, -0.25) is 5.32 Å². The second-order valence-electron chi connectivity index (χ2n) is 3.52. The number of ether oxygens (including phenoxy) is 1. The maximum atomic E-state index is 11.5. The van der Waals surface area contributed by atoms with E-state index >= 15 is 0 Å². The van der Waals surface area contributed by atoms with E-state index in [9.17, 15) is 9.59 Å². The number of thiazole rings is 1. The smallest absolute Gasteiger partial charge is 0.413 e. The lowest BCUT2D eigenvalue weighted by Crippen LogP contribution is -2.13. The van der Waals surface area contributed by atoms with Gasteiger partial charge in [0.25, 0.3) is 0 Å². The van der Waals surface area contributed by atoms with E-state index in [4.69, 9.17) is 9.84 Å². The molecule has 2 N–H and O–H groups in total. The SMILES string of the molecule is O=C(Nc1ncc(C(=O)O)s1)OCc1ccccc1.